The number of nitrogens with zero attached hydrogens (tertiary/aromatic N) is 2. The van der Waals surface area contributed by atoms with Crippen LogP contribution in [-0.2, 0) is 11.3 Å². The van der Waals surface area contributed by atoms with Crippen molar-refractivity contribution in [2.24, 2.45) is 0 Å². The van der Waals surface area contributed by atoms with Crippen molar-refractivity contribution in [1.29, 1.82) is 0 Å². The zero-order chi connectivity index (χ0) is 24.9. The molecule has 6 heteroatoms. The average molecular weight is 504 g/mol. The monoisotopic (exact) mass is 503 g/mol. The van der Waals surface area contributed by atoms with Gasteiger partial charge in [-0.05, 0) is 73.0 Å². The molecule has 1 N–H and O–H groups in total. The van der Waals surface area contributed by atoms with E-state index in [2.05, 4.69) is 33.1 Å². The Hall–Kier alpha value is -3.15. The van der Waals surface area contributed by atoms with Gasteiger partial charge in [0.05, 0.1) is 0 Å². The van der Waals surface area contributed by atoms with Crippen LogP contribution in [0.25, 0.3) is 10.9 Å². The summed E-state index contributed by atoms with van der Waals surface area (Å²) in [5, 5.41) is 4.90. The van der Waals surface area contributed by atoms with E-state index in [0.29, 0.717) is 24.5 Å². The van der Waals surface area contributed by atoms with E-state index < -0.39 is 0 Å². The van der Waals surface area contributed by atoms with Gasteiger partial charge >= 0.3 is 0 Å². The van der Waals surface area contributed by atoms with E-state index in [9.17, 15) is 9.18 Å². The molecule has 4 nitrogen and oxygen atoms in total. The number of para-hydroxylation sites is 1. The third-order valence-corrected chi connectivity index (χ3v) is 7.29. The van der Waals surface area contributed by atoms with Crippen LogP contribution in [0.3, 0.4) is 0 Å². The largest absolute Gasteiger partial charge is 0.355 e. The van der Waals surface area contributed by atoms with Gasteiger partial charge < -0.3 is 14.8 Å². The van der Waals surface area contributed by atoms with Crippen molar-refractivity contribution >= 4 is 28.4 Å². The Kier molecular flexibility index (Phi) is 7.69. The first kappa shape index (κ1) is 24.5. The van der Waals surface area contributed by atoms with Crippen LogP contribution in [0.2, 0.25) is 5.02 Å². The fourth-order valence-corrected chi connectivity index (χ4v) is 5.42. The minimum atomic E-state index is -0.242. The van der Waals surface area contributed by atoms with Crippen LogP contribution in [0.1, 0.15) is 41.9 Å². The second kappa shape index (κ2) is 11.3. The molecule has 1 atom stereocenters. The lowest BCUT2D eigenvalue weighted by Gasteiger charge is -2.19. The third kappa shape index (κ3) is 5.80. The first-order valence-corrected chi connectivity index (χ1v) is 13.0. The van der Waals surface area contributed by atoms with Crippen LogP contribution < -0.4 is 5.32 Å². The number of benzene rings is 3. The van der Waals surface area contributed by atoms with Crippen molar-refractivity contribution < 1.29 is 9.18 Å². The van der Waals surface area contributed by atoms with Crippen molar-refractivity contribution in [3.05, 3.63) is 107 Å². The van der Waals surface area contributed by atoms with Crippen LogP contribution in [-0.4, -0.2) is 41.6 Å². The molecule has 3 aromatic carbocycles. The highest BCUT2D eigenvalue weighted by Crippen LogP contribution is 2.36. The fourth-order valence-electron chi connectivity index (χ4n) is 5.22. The predicted molar refractivity (Wildman–Crippen MR) is 144 cm³/mol. The first-order chi connectivity index (χ1) is 17.6. The highest BCUT2D eigenvalue weighted by Gasteiger charge is 2.23. The van der Waals surface area contributed by atoms with E-state index in [-0.39, 0.29) is 17.6 Å². The van der Waals surface area contributed by atoms with Crippen molar-refractivity contribution in [1.82, 2.24) is 14.8 Å². The van der Waals surface area contributed by atoms with Gasteiger partial charge in [-0.3, -0.25) is 4.79 Å². The number of hydrogen-bond acceptors (Lipinski definition) is 2. The van der Waals surface area contributed by atoms with Crippen LogP contribution in [0, 0.1) is 5.82 Å². The number of carbonyl (C=O) groups excluding carboxylic acids is 1. The second-order valence-electron chi connectivity index (χ2n) is 9.57. The highest BCUT2D eigenvalue weighted by molar-refractivity contribution is 6.30. The van der Waals surface area contributed by atoms with E-state index in [1.807, 2.05) is 48.5 Å². The van der Waals surface area contributed by atoms with Gasteiger partial charge in [0.15, 0.2) is 0 Å². The molecule has 2 heterocycles. The maximum atomic E-state index is 13.4. The molecule has 0 spiro atoms. The molecule has 0 bridgehead atoms. The predicted octanol–water partition coefficient (Wildman–Crippen LogP) is 6.22. The number of likely N-dealkylation sites (tertiary alicyclic amines) is 1. The second-order valence-corrected chi connectivity index (χ2v) is 10.0. The number of carbonyl (C=O) groups is 1. The molecule has 1 fully saturated rings. The molecular formula is C30H31ClFN3O. The lowest BCUT2D eigenvalue weighted by Crippen LogP contribution is -2.34. The normalized spacial score (nSPS) is 14.8. The zero-order valence-electron chi connectivity index (χ0n) is 20.3. The van der Waals surface area contributed by atoms with Crippen molar-refractivity contribution in [2.45, 2.75) is 31.7 Å². The van der Waals surface area contributed by atoms with E-state index >= 15 is 0 Å². The minimum Gasteiger partial charge on any atom is -0.355 e. The molecule has 0 radical (unpaired) electrons. The summed E-state index contributed by atoms with van der Waals surface area (Å²) in [7, 11) is 0. The van der Waals surface area contributed by atoms with Crippen LogP contribution >= 0.6 is 11.6 Å². The van der Waals surface area contributed by atoms with Gasteiger partial charge in [0.25, 0.3) is 0 Å². The van der Waals surface area contributed by atoms with E-state index in [1.54, 1.807) is 0 Å². The minimum absolute atomic E-state index is 0.0366. The first-order valence-electron chi connectivity index (χ1n) is 12.6. The molecule has 4 aromatic rings. The van der Waals surface area contributed by atoms with E-state index in [1.165, 1.54) is 25.0 Å². The lowest BCUT2D eigenvalue weighted by atomic mass is 9.88. The highest BCUT2D eigenvalue weighted by atomic mass is 35.5. The van der Waals surface area contributed by atoms with Gasteiger partial charge in [0.1, 0.15) is 5.82 Å². The SMILES string of the molecule is O=C(C[C@H](c1cccc(Cl)c1)c1cn(Cc2ccc(F)cc2)c2ccccc12)NCCN1CCCC1. The molecule has 1 aromatic heterocycles. The Morgan fingerprint density at radius 2 is 1.78 bits per heavy atom. The molecule has 0 aliphatic carbocycles. The van der Waals surface area contributed by atoms with Crippen LogP contribution in [0.4, 0.5) is 4.39 Å². The average Bonchev–Trinajstić information content (AvgIpc) is 3.52. The van der Waals surface area contributed by atoms with Crippen molar-refractivity contribution in [3.63, 3.8) is 0 Å². The molecule has 36 heavy (non-hydrogen) atoms. The van der Waals surface area contributed by atoms with Gasteiger partial charge in [0.2, 0.25) is 5.91 Å². The molecule has 0 unspecified atom stereocenters. The maximum absolute atomic E-state index is 13.4. The smallest absolute Gasteiger partial charge is 0.220 e. The number of aromatic nitrogens is 1. The summed E-state index contributed by atoms with van der Waals surface area (Å²) in [5.74, 6) is -0.349. The summed E-state index contributed by atoms with van der Waals surface area (Å²) in [5.41, 5.74) is 4.20. The number of hydrogen-bond donors (Lipinski definition) is 1. The number of fused-ring (bicyclic) bond motifs is 1. The molecule has 1 aliphatic heterocycles. The van der Waals surface area contributed by atoms with Crippen LogP contribution in [0.5, 0.6) is 0 Å². The van der Waals surface area contributed by atoms with E-state index in [0.717, 1.165) is 47.2 Å². The summed E-state index contributed by atoms with van der Waals surface area (Å²) in [6.45, 7) is 4.41. The summed E-state index contributed by atoms with van der Waals surface area (Å²) >= 11 is 6.37. The number of amides is 1. The molecule has 1 aliphatic rings. The van der Waals surface area contributed by atoms with E-state index in [4.69, 9.17) is 11.6 Å². The summed E-state index contributed by atoms with van der Waals surface area (Å²) in [6.07, 6.45) is 4.96. The Labute approximate surface area is 216 Å². The third-order valence-electron chi connectivity index (χ3n) is 7.05. The van der Waals surface area contributed by atoms with Gasteiger partial charge in [-0.2, -0.15) is 0 Å². The Balaban J connectivity index is 1.44. The number of rotatable bonds is 9. The van der Waals surface area contributed by atoms with Gasteiger partial charge in [0, 0.05) is 54.1 Å². The Morgan fingerprint density at radius 1 is 1.00 bits per heavy atom. The molecule has 186 valence electrons. The van der Waals surface area contributed by atoms with Gasteiger partial charge in [-0.15, -0.1) is 0 Å². The summed E-state index contributed by atoms with van der Waals surface area (Å²) in [6, 6.07) is 22.6. The standard InChI is InChI=1S/C30H31ClFN3O/c31-24-7-5-6-23(18-24)27(19-30(36)33-14-17-34-15-3-4-16-34)28-21-35(29-9-2-1-8-26(28)29)20-22-10-12-25(32)13-11-22/h1-2,5-13,18,21,27H,3-4,14-17,19-20H2,(H,33,36)/t27-/m1/s1. The fraction of sp³-hybridized carbons (Fsp3) is 0.300. The zero-order valence-corrected chi connectivity index (χ0v) is 21.1. The van der Waals surface area contributed by atoms with Crippen LogP contribution in [0.15, 0.2) is 79.0 Å². The molecule has 0 saturated carbocycles. The molecule has 5 rings (SSSR count). The summed E-state index contributed by atoms with van der Waals surface area (Å²) in [4.78, 5) is 15.5. The van der Waals surface area contributed by atoms with Crippen molar-refractivity contribution in [2.75, 3.05) is 26.2 Å². The molecule has 1 saturated heterocycles. The van der Waals surface area contributed by atoms with Crippen molar-refractivity contribution in [3.8, 4) is 0 Å². The topological polar surface area (TPSA) is 37.3 Å². The lowest BCUT2D eigenvalue weighted by molar-refractivity contribution is -0.121. The number of nitrogens with one attached hydrogen (secondary N) is 1. The van der Waals surface area contributed by atoms with Gasteiger partial charge in [-0.1, -0.05) is 54.1 Å². The maximum Gasteiger partial charge on any atom is 0.220 e. The Bertz CT molecular complexity index is 1330. The number of halogens is 2. The van der Waals surface area contributed by atoms with Gasteiger partial charge in [-0.25, -0.2) is 4.39 Å². The molecule has 1 amide bonds. The Morgan fingerprint density at radius 3 is 2.56 bits per heavy atom. The quantitative estimate of drug-likeness (QED) is 0.294. The molecular weight excluding hydrogens is 473 g/mol. The summed E-state index contributed by atoms with van der Waals surface area (Å²) < 4.78 is 15.6.